The standard InChI is InChI=1S/C9H15NO2S/c1-7(2)8(3)6-9(10-4)13(5,11)12/h6H,4H2,1-3,5H3/b9-6+. The van der Waals surface area contributed by atoms with Gasteiger partial charge < -0.3 is 0 Å². The van der Waals surface area contributed by atoms with Crippen LogP contribution in [0.5, 0.6) is 0 Å². The summed E-state index contributed by atoms with van der Waals surface area (Å²) in [6.07, 6.45) is 2.64. The second-order valence-corrected chi connectivity index (χ2v) is 5.06. The lowest BCUT2D eigenvalue weighted by molar-refractivity contribution is 0.607. The number of sulfone groups is 1. The van der Waals surface area contributed by atoms with Crippen LogP contribution in [0.15, 0.2) is 27.2 Å². The van der Waals surface area contributed by atoms with Gasteiger partial charge in [-0.3, -0.25) is 4.99 Å². The second kappa shape index (κ2) is 4.37. The smallest absolute Gasteiger partial charge is 0.192 e. The summed E-state index contributed by atoms with van der Waals surface area (Å²) < 4.78 is 22.2. The largest absolute Gasteiger partial charge is 0.253 e. The number of hydrogen-bond acceptors (Lipinski definition) is 3. The van der Waals surface area contributed by atoms with Gasteiger partial charge in [0.05, 0.1) is 0 Å². The monoisotopic (exact) mass is 201 g/mol. The van der Waals surface area contributed by atoms with Crippen molar-refractivity contribution < 1.29 is 8.42 Å². The lowest BCUT2D eigenvalue weighted by atomic mass is 10.2. The first-order valence-electron chi connectivity index (χ1n) is 3.81. The Hall–Kier alpha value is -0.900. The Bertz CT molecular complexity index is 357. The van der Waals surface area contributed by atoms with E-state index in [1.807, 2.05) is 20.8 Å². The summed E-state index contributed by atoms with van der Waals surface area (Å²) in [7, 11) is -3.25. The van der Waals surface area contributed by atoms with Crippen molar-refractivity contribution in [2.75, 3.05) is 6.26 Å². The highest BCUT2D eigenvalue weighted by molar-refractivity contribution is 7.94. The molecule has 0 rings (SSSR count). The number of aliphatic imine (C=N–C) groups is 1. The van der Waals surface area contributed by atoms with E-state index in [9.17, 15) is 8.42 Å². The zero-order chi connectivity index (χ0) is 10.6. The highest BCUT2D eigenvalue weighted by Crippen LogP contribution is 2.12. The highest BCUT2D eigenvalue weighted by Gasteiger charge is 2.08. The highest BCUT2D eigenvalue weighted by atomic mass is 32.2. The molecule has 3 nitrogen and oxygen atoms in total. The molecule has 0 fully saturated rings. The molecular formula is C9H15NO2S. The van der Waals surface area contributed by atoms with Crippen LogP contribution in [-0.4, -0.2) is 21.4 Å². The molecule has 0 aromatic rings. The minimum atomic E-state index is -3.25. The average Bonchev–Trinajstić information content (AvgIpc) is 1.96. The van der Waals surface area contributed by atoms with E-state index >= 15 is 0 Å². The van der Waals surface area contributed by atoms with E-state index < -0.39 is 9.84 Å². The lowest BCUT2D eigenvalue weighted by Gasteiger charge is -1.99. The van der Waals surface area contributed by atoms with Crippen LogP contribution in [-0.2, 0) is 9.84 Å². The number of hydrogen-bond donors (Lipinski definition) is 0. The average molecular weight is 201 g/mol. The minimum Gasteiger partial charge on any atom is -0.253 e. The van der Waals surface area contributed by atoms with Crippen molar-refractivity contribution in [1.82, 2.24) is 0 Å². The molecule has 0 amide bonds. The van der Waals surface area contributed by atoms with Gasteiger partial charge in [0.25, 0.3) is 0 Å². The summed E-state index contributed by atoms with van der Waals surface area (Å²) >= 11 is 0. The van der Waals surface area contributed by atoms with Gasteiger partial charge in [-0.2, -0.15) is 0 Å². The molecule has 0 aliphatic heterocycles. The van der Waals surface area contributed by atoms with Crippen LogP contribution in [0, 0.1) is 0 Å². The molecule has 0 unspecified atom stereocenters. The molecule has 0 aromatic heterocycles. The van der Waals surface area contributed by atoms with E-state index in [1.54, 1.807) is 0 Å². The maximum absolute atomic E-state index is 11.1. The Morgan fingerprint density at radius 2 is 1.77 bits per heavy atom. The Morgan fingerprint density at radius 3 is 2.00 bits per heavy atom. The van der Waals surface area contributed by atoms with E-state index in [2.05, 4.69) is 11.7 Å². The molecule has 0 heterocycles. The molecule has 0 saturated carbocycles. The quantitative estimate of drug-likeness (QED) is 0.517. The Morgan fingerprint density at radius 1 is 1.31 bits per heavy atom. The third-order valence-electron chi connectivity index (χ3n) is 1.66. The molecular weight excluding hydrogens is 186 g/mol. The molecule has 4 heteroatoms. The Labute approximate surface area is 79.8 Å². The number of nitrogens with zero attached hydrogens (tertiary/aromatic N) is 1. The molecule has 0 spiro atoms. The summed E-state index contributed by atoms with van der Waals surface area (Å²) in [5.41, 5.74) is 1.96. The van der Waals surface area contributed by atoms with Gasteiger partial charge in [-0.1, -0.05) is 5.57 Å². The van der Waals surface area contributed by atoms with Gasteiger partial charge in [-0.05, 0) is 39.1 Å². The van der Waals surface area contributed by atoms with Crippen LogP contribution in [0.3, 0.4) is 0 Å². The molecule has 13 heavy (non-hydrogen) atoms. The Kier molecular flexibility index (Phi) is 4.07. The van der Waals surface area contributed by atoms with Crippen molar-refractivity contribution in [3.05, 3.63) is 22.3 Å². The fraction of sp³-hybridized carbons (Fsp3) is 0.444. The first-order valence-corrected chi connectivity index (χ1v) is 5.70. The maximum atomic E-state index is 11.1. The van der Waals surface area contributed by atoms with Crippen LogP contribution >= 0.6 is 0 Å². The van der Waals surface area contributed by atoms with Crippen LogP contribution in [0.2, 0.25) is 0 Å². The zero-order valence-corrected chi connectivity index (χ0v) is 9.27. The molecule has 0 atom stereocenters. The van der Waals surface area contributed by atoms with Crippen LogP contribution in [0.25, 0.3) is 0 Å². The normalized spacial score (nSPS) is 12.5. The van der Waals surface area contributed by atoms with Crippen molar-refractivity contribution in [2.24, 2.45) is 4.99 Å². The number of allylic oxidation sites excluding steroid dienone is 3. The molecule has 0 saturated heterocycles. The van der Waals surface area contributed by atoms with E-state index in [-0.39, 0.29) is 5.03 Å². The molecule has 0 radical (unpaired) electrons. The Balaban J connectivity index is 5.26. The van der Waals surface area contributed by atoms with Gasteiger partial charge in [0.15, 0.2) is 14.9 Å². The van der Waals surface area contributed by atoms with Gasteiger partial charge in [-0.15, -0.1) is 0 Å². The molecule has 74 valence electrons. The predicted molar refractivity (Wildman–Crippen MR) is 56.5 cm³/mol. The fourth-order valence-electron chi connectivity index (χ4n) is 0.599. The van der Waals surface area contributed by atoms with E-state index in [4.69, 9.17) is 0 Å². The summed E-state index contributed by atoms with van der Waals surface area (Å²) in [5.74, 6) is 0. The third-order valence-corrected chi connectivity index (χ3v) is 2.67. The van der Waals surface area contributed by atoms with Crippen LogP contribution in [0.4, 0.5) is 0 Å². The summed E-state index contributed by atoms with van der Waals surface area (Å²) in [4.78, 5) is 3.47. The van der Waals surface area contributed by atoms with E-state index in [0.29, 0.717) is 0 Å². The zero-order valence-electron chi connectivity index (χ0n) is 8.46. The minimum absolute atomic E-state index is 0.0196. The van der Waals surface area contributed by atoms with Crippen molar-refractivity contribution >= 4 is 16.6 Å². The van der Waals surface area contributed by atoms with Gasteiger partial charge in [0.1, 0.15) is 0 Å². The molecule has 0 aromatic carbocycles. The number of rotatable bonds is 3. The molecule has 0 bridgehead atoms. The van der Waals surface area contributed by atoms with E-state index in [0.717, 1.165) is 17.4 Å². The summed E-state index contributed by atoms with van der Waals surface area (Å²) in [6, 6.07) is 0. The summed E-state index contributed by atoms with van der Waals surface area (Å²) in [6.45, 7) is 8.88. The predicted octanol–water partition coefficient (Wildman–Crippen LogP) is 1.93. The van der Waals surface area contributed by atoms with Crippen molar-refractivity contribution in [2.45, 2.75) is 20.8 Å². The van der Waals surface area contributed by atoms with Gasteiger partial charge in [0, 0.05) is 6.26 Å². The van der Waals surface area contributed by atoms with Crippen LogP contribution < -0.4 is 0 Å². The van der Waals surface area contributed by atoms with Crippen molar-refractivity contribution in [3.8, 4) is 0 Å². The first kappa shape index (κ1) is 12.1. The second-order valence-electron chi connectivity index (χ2n) is 3.10. The topological polar surface area (TPSA) is 46.5 Å². The van der Waals surface area contributed by atoms with Gasteiger partial charge in [-0.25, -0.2) is 8.42 Å². The third kappa shape index (κ3) is 4.03. The SMILES string of the molecule is C=N/C(=C\C(C)=C(C)C)S(C)(=O)=O. The molecule has 0 aliphatic rings. The van der Waals surface area contributed by atoms with Crippen molar-refractivity contribution in [3.63, 3.8) is 0 Å². The molecule has 0 N–H and O–H groups in total. The lowest BCUT2D eigenvalue weighted by Crippen LogP contribution is -1.98. The fourth-order valence-corrected chi connectivity index (χ4v) is 1.22. The van der Waals surface area contributed by atoms with Gasteiger partial charge >= 0.3 is 0 Å². The summed E-state index contributed by atoms with van der Waals surface area (Å²) in [5, 5.41) is 0.0196. The van der Waals surface area contributed by atoms with E-state index in [1.165, 1.54) is 6.08 Å². The maximum Gasteiger partial charge on any atom is 0.192 e. The first-order chi connectivity index (χ1) is 5.79. The molecule has 0 aliphatic carbocycles. The van der Waals surface area contributed by atoms with Gasteiger partial charge in [0.2, 0.25) is 0 Å². The van der Waals surface area contributed by atoms with Crippen LogP contribution in [0.1, 0.15) is 20.8 Å². The van der Waals surface area contributed by atoms with Crippen molar-refractivity contribution in [1.29, 1.82) is 0 Å².